The van der Waals surface area contributed by atoms with Crippen LogP contribution in [-0.4, -0.2) is 31.7 Å². The molecule has 0 radical (unpaired) electrons. The van der Waals surface area contributed by atoms with Crippen LogP contribution in [0.5, 0.6) is 0 Å². The zero-order valence-corrected chi connectivity index (χ0v) is 10.2. The Morgan fingerprint density at radius 3 is 2.81 bits per heavy atom. The Morgan fingerprint density at radius 1 is 1.62 bits per heavy atom. The average molecular weight is 226 g/mol. The fourth-order valence-corrected chi connectivity index (χ4v) is 1.33. The van der Waals surface area contributed by atoms with E-state index in [2.05, 4.69) is 11.2 Å². The minimum absolute atomic E-state index is 0.0333. The van der Waals surface area contributed by atoms with Crippen molar-refractivity contribution in [3.05, 3.63) is 0 Å². The van der Waals surface area contributed by atoms with Crippen molar-refractivity contribution in [3.63, 3.8) is 0 Å². The average Bonchev–Trinajstić information content (AvgIpc) is 2.28. The Bertz CT molecular complexity index is 236. The minimum Gasteiger partial charge on any atom is -0.385 e. The lowest BCUT2D eigenvalue weighted by Crippen LogP contribution is -2.45. The van der Waals surface area contributed by atoms with E-state index in [0.29, 0.717) is 19.4 Å². The Kier molecular flexibility index (Phi) is 8.59. The molecular formula is C12H22N2O2. The third-order valence-electron chi connectivity index (χ3n) is 2.40. The van der Waals surface area contributed by atoms with Gasteiger partial charge < -0.3 is 15.8 Å². The van der Waals surface area contributed by atoms with E-state index < -0.39 is 6.04 Å². The first-order valence-corrected chi connectivity index (χ1v) is 5.64. The summed E-state index contributed by atoms with van der Waals surface area (Å²) in [6.45, 7) is 2.61. The standard InChI is InChI=1S/C12H22N2O2/c1-4-7-10(5-2)14-12(15)11(13)8-6-9-16-3/h1,10-11H,5-9,13H2,2-3H3,(H,14,15). The van der Waals surface area contributed by atoms with E-state index in [4.69, 9.17) is 16.9 Å². The van der Waals surface area contributed by atoms with Gasteiger partial charge in [0.15, 0.2) is 0 Å². The topological polar surface area (TPSA) is 64.4 Å². The molecule has 0 aliphatic carbocycles. The molecule has 3 N–H and O–H groups in total. The van der Waals surface area contributed by atoms with Crippen molar-refractivity contribution in [2.24, 2.45) is 5.73 Å². The summed E-state index contributed by atoms with van der Waals surface area (Å²) < 4.78 is 4.90. The molecule has 0 saturated carbocycles. The van der Waals surface area contributed by atoms with Crippen LogP contribution in [0.2, 0.25) is 0 Å². The lowest BCUT2D eigenvalue weighted by molar-refractivity contribution is -0.123. The van der Waals surface area contributed by atoms with Crippen LogP contribution in [0.3, 0.4) is 0 Å². The van der Waals surface area contributed by atoms with E-state index in [1.54, 1.807) is 7.11 Å². The van der Waals surface area contributed by atoms with Gasteiger partial charge in [0.2, 0.25) is 5.91 Å². The van der Waals surface area contributed by atoms with Crippen LogP contribution >= 0.6 is 0 Å². The first-order valence-electron chi connectivity index (χ1n) is 5.64. The molecule has 0 saturated heterocycles. The van der Waals surface area contributed by atoms with E-state index >= 15 is 0 Å². The maximum Gasteiger partial charge on any atom is 0.237 e. The molecule has 0 aromatic rings. The Balaban J connectivity index is 3.89. The number of carbonyl (C=O) groups is 1. The number of amides is 1. The predicted octanol–water partition coefficient (Wildman–Crippen LogP) is 0.658. The third-order valence-corrected chi connectivity index (χ3v) is 2.40. The molecule has 0 aromatic heterocycles. The smallest absolute Gasteiger partial charge is 0.237 e. The van der Waals surface area contributed by atoms with Crippen LogP contribution in [0.15, 0.2) is 0 Å². The summed E-state index contributed by atoms with van der Waals surface area (Å²) in [5.41, 5.74) is 5.74. The third kappa shape index (κ3) is 6.44. The first-order chi connectivity index (χ1) is 7.65. The van der Waals surface area contributed by atoms with Crippen LogP contribution in [-0.2, 0) is 9.53 Å². The van der Waals surface area contributed by atoms with Gasteiger partial charge in [-0.3, -0.25) is 4.79 Å². The second-order valence-corrected chi connectivity index (χ2v) is 3.76. The van der Waals surface area contributed by atoms with Gasteiger partial charge in [-0.05, 0) is 19.3 Å². The summed E-state index contributed by atoms with van der Waals surface area (Å²) in [5.74, 6) is 2.41. The number of terminal acetylenes is 1. The number of hydrogen-bond acceptors (Lipinski definition) is 3. The molecule has 0 aliphatic heterocycles. The summed E-state index contributed by atoms with van der Waals surface area (Å²) in [5, 5.41) is 2.85. The normalized spacial score (nSPS) is 13.9. The predicted molar refractivity (Wildman–Crippen MR) is 64.8 cm³/mol. The number of ether oxygens (including phenoxy) is 1. The number of rotatable bonds is 8. The van der Waals surface area contributed by atoms with Crippen LogP contribution in [0, 0.1) is 12.3 Å². The van der Waals surface area contributed by atoms with Crippen molar-refractivity contribution in [2.45, 2.75) is 44.7 Å². The van der Waals surface area contributed by atoms with Crippen LogP contribution in [0.25, 0.3) is 0 Å². The van der Waals surface area contributed by atoms with Crippen molar-refractivity contribution in [3.8, 4) is 12.3 Å². The lowest BCUT2D eigenvalue weighted by atomic mass is 10.1. The highest BCUT2D eigenvalue weighted by Gasteiger charge is 2.16. The number of methoxy groups -OCH3 is 1. The molecule has 4 heteroatoms. The van der Waals surface area contributed by atoms with Gasteiger partial charge in [-0.2, -0.15) is 0 Å². The second-order valence-electron chi connectivity index (χ2n) is 3.76. The number of carbonyl (C=O) groups excluding carboxylic acids is 1. The molecule has 0 fully saturated rings. The molecule has 0 aliphatic rings. The zero-order chi connectivity index (χ0) is 12.4. The molecule has 16 heavy (non-hydrogen) atoms. The maximum absolute atomic E-state index is 11.6. The molecule has 0 aromatic carbocycles. The summed E-state index contributed by atoms with van der Waals surface area (Å²) in [6, 6.07) is -0.437. The minimum atomic E-state index is -0.470. The van der Waals surface area contributed by atoms with E-state index in [0.717, 1.165) is 12.8 Å². The van der Waals surface area contributed by atoms with E-state index in [9.17, 15) is 4.79 Å². The van der Waals surface area contributed by atoms with Crippen molar-refractivity contribution in [1.29, 1.82) is 0 Å². The highest BCUT2D eigenvalue weighted by atomic mass is 16.5. The number of nitrogens with one attached hydrogen (secondary N) is 1. The molecule has 92 valence electrons. The zero-order valence-electron chi connectivity index (χ0n) is 10.2. The fourth-order valence-electron chi connectivity index (χ4n) is 1.33. The van der Waals surface area contributed by atoms with Gasteiger partial charge in [-0.1, -0.05) is 6.92 Å². The van der Waals surface area contributed by atoms with Gasteiger partial charge in [0.05, 0.1) is 6.04 Å². The summed E-state index contributed by atoms with van der Waals surface area (Å²) in [6.07, 6.45) is 7.99. The van der Waals surface area contributed by atoms with Gasteiger partial charge in [0.25, 0.3) is 0 Å². The molecular weight excluding hydrogens is 204 g/mol. The summed E-state index contributed by atoms with van der Waals surface area (Å²) in [7, 11) is 1.63. The molecule has 0 bridgehead atoms. The van der Waals surface area contributed by atoms with Gasteiger partial charge >= 0.3 is 0 Å². The quantitative estimate of drug-likeness (QED) is 0.472. The Labute approximate surface area is 97.9 Å². The van der Waals surface area contributed by atoms with Gasteiger partial charge in [-0.25, -0.2) is 0 Å². The molecule has 1 amide bonds. The first kappa shape index (κ1) is 14.9. The van der Waals surface area contributed by atoms with Gasteiger partial charge in [-0.15, -0.1) is 12.3 Å². The lowest BCUT2D eigenvalue weighted by Gasteiger charge is -2.17. The van der Waals surface area contributed by atoms with Crippen LogP contribution < -0.4 is 11.1 Å². The van der Waals surface area contributed by atoms with Crippen molar-refractivity contribution >= 4 is 5.91 Å². The van der Waals surface area contributed by atoms with Gasteiger partial charge in [0.1, 0.15) is 0 Å². The molecule has 2 atom stereocenters. The molecule has 2 unspecified atom stereocenters. The van der Waals surface area contributed by atoms with Crippen molar-refractivity contribution in [1.82, 2.24) is 5.32 Å². The van der Waals surface area contributed by atoms with Crippen LogP contribution in [0.4, 0.5) is 0 Å². The largest absolute Gasteiger partial charge is 0.385 e. The van der Waals surface area contributed by atoms with E-state index in [-0.39, 0.29) is 11.9 Å². The summed E-state index contributed by atoms with van der Waals surface area (Å²) in [4.78, 5) is 11.6. The Hall–Kier alpha value is -1.05. The molecule has 4 nitrogen and oxygen atoms in total. The highest BCUT2D eigenvalue weighted by Crippen LogP contribution is 1.99. The second kappa shape index (κ2) is 9.20. The van der Waals surface area contributed by atoms with Gasteiger partial charge in [0, 0.05) is 26.2 Å². The molecule has 0 spiro atoms. The fraction of sp³-hybridized carbons (Fsp3) is 0.750. The SMILES string of the molecule is C#CCC(CC)NC(=O)C(N)CCCOC. The number of nitrogens with two attached hydrogens (primary N) is 1. The van der Waals surface area contributed by atoms with E-state index in [1.807, 2.05) is 6.92 Å². The highest BCUT2D eigenvalue weighted by molar-refractivity contribution is 5.81. The van der Waals surface area contributed by atoms with Crippen molar-refractivity contribution < 1.29 is 9.53 Å². The molecule has 0 heterocycles. The number of hydrogen-bond donors (Lipinski definition) is 2. The monoisotopic (exact) mass is 226 g/mol. The van der Waals surface area contributed by atoms with Crippen molar-refractivity contribution in [2.75, 3.05) is 13.7 Å². The molecule has 0 rings (SSSR count). The maximum atomic E-state index is 11.6. The van der Waals surface area contributed by atoms with E-state index in [1.165, 1.54) is 0 Å². The Morgan fingerprint density at radius 2 is 2.31 bits per heavy atom. The van der Waals surface area contributed by atoms with Crippen LogP contribution in [0.1, 0.15) is 32.6 Å². The summed E-state index contributed by atoms with van der Waals surface area (Å²) >= 11 is 0.